The molecule has 0 aliphatic carbocycles. The van der Waals surface area contributed by atoms with Crippen molar-refractivity contribution in [1.29, 1.82) is 0 Å². The Bertz CT molecular complexity index is 3190. The molecule has 3 aromatic heterocycles. The number of hydrogen-bond acceptors (Lipinski definition) is 2. The van der Waals surface area contributed by atoms with Gasteiger partial charge in [-0.25, -0.2) is 9.97 Å². The van der Waals surface area contributed by atoms with Crippen LogP contribution in [0, 0.1) is 6.92 Å². The molecule has 11 rings (SSSR count). The molecule has 3 heterocycles. The van der Waals surface area contributed by atoms with Crippen LogP contribution in [0.2, 0.25) is 0 Å². The summed E-state index contributed by atoms with van der Waals surface area (Å²) in [6, 6.07) is 71.5. The number of aryl methyl sites for hydroxylation is 1. The fraction of sp³-hybridized carbons (Fsp3) is 0.0189. The summed E-state index contributed by atoms with van der Waals surface area (Å²) in [6.45, 7) is 2.17. The Morgan fingerprint density at radius 2 is 0.825 bits per heavy atom. The second-order valence-electron chi connectivity index (χ2n) is 14.7. The van der Waals surface area contributed by atoms with Crippen LogP contribution in [0.5, 0.6) is 0 Å². The number of benzene rings is 8. The van der Waals surface area contributed by atoms with Gasteiger partial charge >= 0.3 is 0 Å². The number of aromatic nitrogens is 4. The first kappa shape index (κ1) is 32.8. The zero-order valence-corrected chi connectivity index (χ0v) is 31.3. The van der Waals surface area contributed by atoms with Crippen molar-refractivity contribution in [2.45, 2.75) is 6.92 Å². The summed E-state index contributed by atoms with van der Waals surface area (Å²) in [7, 11) is 0. The molecule has 0 saturated heterocycles. The Balaban J connectivity index is 1.23. The lowest BCUT2D eigenvalue weighted by atomic mass is 9.96. The molecule has 0 atom stereocenters. The van der Waals surface area contributed by atoms with E-state index in [-0.39, 0.29) is 0 Å². The molecule has 0 aliphatic heterocycles. The third kappa shape index (κ3) is 5.45. The van der Waals surface area contributed by atoms with Gasteiger partial charge in [0.25, 0.3) is 0 Å². The van der Waals surface area contributed by atoms with Crippen LogP contribution in [0.3, 0.4) is 0 Å². The Morgan fingerprint density at radius 1 is 0.333 bits per heavy atom. The van der Waals surface area contributed by atoms with E-state index in [2.05, 4.69) is 192 Å². The van der Waals surface area contributed by atoms with Crippen LogP contribution in [0.4, 0.5) is 0 Å². The Morgan fingerprint density at radius 3 is 1.47 bits per heavy atom. The van der Waals surface area contributed by atoms with E-state index in [1.807, 2.05) is 24.3 Å². The first-order valence-electron chi connectivity index (χ1n) is 19.4. The Kier molecular flexibility index (Phi) is 7.68. The van der Waals surface area contributed by atoms with Crippen LogP contribution in [-0.2, 0) is 0 Å². The lowest BCUT2D eigenvalue weighted by molar-refractivity contribution is 1.16. The number of fused-ring (bicyclic) bond motifs is 6. The van der Waals surface area contributed by atoms with E-state index in [4.69, 9.17) is 9.97 Å². The van der Waals surface area contributed by atoms with E-state index in [0.717, 1.165) is 50.6 Å². The largest absolute Gasteiger partial charge is 0.309 e. The highest BCUT2D eigenvalue weighted by Gasteiger charge is 2.21. The normalized spacial score (nSPS) is 11.6. The summed E-state index contributed by atoms with van der Waals surface area (Å²) < 4.78 is 4.87. The predicted octanol–water partition coefficient (Wildman–Crippen LogP) is 13.6. The van der Waals surface area contributed by atoms with Gasteiger partial charge in [0.15, 0.2) is 5.82 Å². The van der Waals surface area contributed by atoms with Gasteiger partial charge < -0.3 is 9.13 Å². The standard InChI is InChI=1S/C53H36N4/c1-35-28-30-51-43(32-35)41-22-10-14-26-49(41)57(51)52-31-29-38(46-34-45(36-16-4-2-5-17-36)54-53(55-46)37-18-6-3-7-19-37)33-44(52)42-23-11-15-27-50(42)56-47-24-12-8-20-39(47)40-21-9-13-25-48(40)56/h2-34H,1H3. The molecule has 0 fully saturated rings. The Hall–Kier alpha value is -7.56. The van der Waals surface area contributed by atoms with Crippen LogP contribution >= 0.6 is 0 Å². The van der Waals surface area contributed by atoms with Gasteiger partial charge in [-0.3, -0.25) is 0 Å². The minimum absolute atomic E-state index is 0.695. The highest BCUT2D eigenvalue weighted by molar-refractivity contribution is 6.11. The topological polar surface area (TPSA) is 35.6 Å². The van der Waals surface area contributed by atoms with E-state index in [0.29, 0.717) is 5.82 Å². The van der Waals surface area contributed by atoms with E-state index in [1.54, 1.807) is 0 Å². The molecule has 0 bridgehead atoms. The van der Waals surface area contributed by atoms with E-state index in [1.165, 1.54) is 49.2 Å². The fourth-order valence-electron chi connectivity index (χ4n) is 8.60. The maximum Gasteiger partial charge on any atom is 0.160 e. The number of nitrogens with zero attached hydrogens (tertiary/aromatic N) is 4. The van der Waals surface area contributed by atoms with Crippen molar-refractivity contribution < 1.29 is 0 Å². The van der Waals surface area contributed by atoms with Crippen LogP contribution in [0.25, 0.3) is 100 Å². The van der Waals surface area contributed by atoms with Crippen LogP contribution in [0.15, 0.2) is 200 Å². The summed E-state index contributed by atoms with van der Waals surface area (Å²) in [5.41, 5.74) is 15.2. The zero-order chi connectivity index (χ0) is 37.9. The third-order valence-corrected chi connectivity index (χ3v) is 11.2. The molecule has 8 aromatic carbocycles. The molecule has 57 heavy (non-hydrogen) atoms. The highest BCUT2D eigenvalue weighted by Crippen LogP contribution is 2.42. The quantitative estimate of drug-likeness (QED) is 0.171. The Labute approximate surface area is 330 Å². The van der Waals surface area contributed by atoms with Gasteiger partial charge in [0.2, 0.25) is 0 Å². The molecule has 11 aromatic rings. The van der Waals surface area contributed by atoms with Crippen molar-refractivity contribution in [2.75, 3.05) is 0 Å². The minimum atomic E-state index is 0.695. The van der Waals surface area contributed by atoms with Crippen molar-refractivity contribution in [3.8, 4) is 56.4 Å². The maximum atomic E-state index is 5.27. The van der Waals surface area contributed by atoms with Crippen molar-refractivity contribution in [3.63, 3.8) is 0 Å². The van der Waals surface area contributed by atoms with Gasteiger partial charge in [0.05, 0.1) is 44.8 Å². The molecular formula is C53H36N4. The van der Waals surface area contributed by atoms with Gasteiger partial charge in [-0.2, -0.15) is 0 Å². The van der Waals surface area contributed by atoms with Gasteiger partial charge in [-0.15, -0.1) is 0 Å². The third-order valence-electron chi connectivity index (χ3n) is 11.2. The maximum absolute atomic E-state index is 5.27. The van der Waals surface area contributed by atoms with Crippen molar-refractivity contribution >= 4 is 43.6 Å². The van der Waals surface area contributed by atoms with Crippen molar-refractivity contribution in [2.24, 2.45) is 0 Å². The first-order chi connectivity index (χ1) is 28.2. The summed E-state index contributed by atoms with van der Waals surface area (Å²) >= 11 is 0. The molecule has 0 saturated carbocycles. The molecule has 0 N–H and O–H groups in total. The van der Waals surface area contributed by atoms with Gasteiger partial charge in [0, 0.05) is 49.4 Å². The lowest BCUT2D eigenvalue weighted by Crippen LogP contribution is -2.02. The summed E-state index contributed by atoms with van der Waals surface area (Å²) in [5, 5.41) is 4.94. The van der Waals surface area contributed by atoms with Crippen LogP contribution in [0.1, 0.15) is 5.56 Å². The summed E-state index contributed by atoms with van der Waals surface area (Å²) in [4.78, 5) is 10.4. The highest BCUT2D eigenvalue weighted by atomic mass is 15.0. The summed E-state index contributed by atoms with van der Waals surface area (Å²) in [5.74, 6) is 0.695. The van der Waals surface area contributed by atoms with Crippen LogP contribution < -0.4 is 0 Å². The number of hydrogen-bond donors (Lipinski definition) is 0. The average Bonchev–Trinajstić information content (AvgIpc) is 3.79. The monoisotopic (exact) mass is 728 g/mol. The molecule has 0 radical (unpaired) electrons. The molecule has 0 spiro atoms. The van der Waals surface area contributed by atoms with E-state index >= 15 is 0 Å². The molecule has 4 heteroatoms. The van der Waals surface area contributed by atoms with Gasteiger partial charge in [-0.1, -0.05) is 151 Å². The lowest BCUT2D eigenvalue weighted by Gasteiger charge is -2.20. The second kappa shape index (κ2) is 13.3. The van der Waals surface area contributed by atoms with E-state index in [9.17, 15) is 0 Å². The molecule has 0 unspecified atom stereocenters. The number of rotatable bonds is 6. The second-order valence-corrected chi connectivity index (χ2v) is 14.7. The zero-order valence-electron chi connectivity index (χ0n) is 31.3. The average molecular weight is 729 g/mol. The fourth-order valence-corrected chi connectivity index (χ4v) is 8.60. The van der Waals surface area contributed by atoms with Crippen molar-refractivity contribution in [3.05, 3.63) is 206 Å². The number of para-hydroxylation sites is 4. The predicted molar refractivity (Wildman–Crippen MR) is 237 cm³/mol. The molecule has 0 amide bonds. The van der Waals surface area contributed by atoms with E-state index < -0.39 is 0 Å². The van der Waals surface area contributed by atoms with Crippen molar-refractivity contribution in [1.82, 2.24) is 19.1 Å². The van der Waals surface area contributed by atoms with Crippen LogP contribution in [-0.4, -0.2) is 19.1 Å². The molecule has 4 nitrogen and oxygen atoms in total. The molecule has 268 valence electrons. The molecular weight excluding hydrogens is 693 g/mol. The molecule has 0 aliphatic rings. The van der Waals surface area contributed by atoms with Gasteiger partial charge in [-0.05, 0) is 61.5 Å². The minimum Gasteiger partial charge on any atom is -0.309 e. The van der Waals surface area contributed by atoms with Gasteiger partial charge in [0.1, 0.15) is 0 Å². The smallest absolute Gasteiger partial charge is 0.160 e. The SMILES string of the molecule is Cc1ccc2c(c1)c1ccccc1n2-c1ccc(-c2cc(-c3ccccc3)nc(-c3ccccc3)n2)cc1-c1ccccc1-n1c2ccccc2c2ccccc21. The first-order valence-corrected chi connectivity index (χ1v) is 19.4. The summed E-state index contributed by atoms with van der Waals surface area (Å²) in [6.07, 6.45) is 0.